The molecule has 0 aliphatic heterocycles. The first-order valence-corrected chi connectivity index (χ1v) is 9.12. The summed E-state index contributed by atoms with van der Waals surface area (Å²) in [5.41, 5.74) is 2.41. The second-order valence-corrected chi connectivity index (χ2v) is 6.47. The number of urea groups is 1. The lowest BCUT2D eigenvalue weighted by molar-refractivity contribution is 0.251. The third kappa shape index (κ3) is 3.96. The molecule has 4 aromatic rings. The number of aromatic nitrogens is 3. The second-order valence-electron chi connectivity index (χ2n) is 6.47. The van der Waals surface area contributed by atoms with E-state index in [9.17, 15) is 14.4 Å². The van der Waals surface area contributed by atoms with Gasteiger partial charge in [0.05, 0.1) is 11.4 Å². The monoisotopic (exact) mass is 389 g/mol. The molecule has 4 N–H and O–H groups in total. The summed E-state index contributed by atoms with van der Waals surface area (Å²) in [6, 6.07) is 18.4. The van der Waals surface area contributed by atoms with Crippen LogP contribution in [0.15, 0.2) is 76.4 Å². The first kappa shape index (κ1) is 18.3. The van der Waals surface area contributed by atoms with E-state index in [1.54, 1.807) is 0 Å². The Kier molecular flexibility index (Phi) is 4.98. The molecule has 2 amide bonds. The Hall–Kier alpha value is -4.07. The Morgan fingerprint density at radius 3 is 2.48 bits per heavy atom. The number of nitrogens with zero attached hydrogens (tertiary/aromatic N) is 1. The van der Waals surface area contributed by atoms with Crippen LogP contribution in [-0.4, -0.2) is 27.1 Å². The molecule has 0 bridgehead atoms. The molecule has 0 aliphatic carbocycles. The summed E-state index contributed by atoms with van der Waals surface area (Å²) in [4.78, 5) is 40.8. The summed E-state index contributed by atoms with van der Waals surface area (Å²) < 4.78 is 1.32. The highest BCUT2D eigenvalue weighted by atomic mass is 16.2. The molecule has 0 aliphatic rings. The fourth-order valence-corrected chi connectivity index (χ4v) is 3.16. The number of hydrogen-bond donors (Lipinski definition) is 4. The number of carbonyl (C=O) groups is 1. The number of H-pyrrole nitrogens is 2. The molecule has 8 heteroatoms. The zero-order valence-electron chi connectivity index (χ0n) is 15.4. The Balaban J connectivity index is 1.52. The average Bonchev–Trinajstić information content (AvgIpc) is 3.09. The average molecular weight is 389 g/mol. The van der Waals surface area contributed by atoms with Crippen molar-refractivity contribution in [2.24, 2.45) is 0 Å². The molecule has 2 heterocycles. The highest BCUT2D eigenvalue weighted by molar-refractivity contribution is 6.07. The van der Waals surface area contributed by atoms with Gasteiger partial charge in [0.2, 0.25) is 0 Å². The molecule has 0 unspecified atom stereocenters. The van der Waals surface area contributed by atoms with Crippen molar-refractivity contribution in [3.05, 3.63) is 87.7 Å². The molecule has 0 atom stereocenters. The minimum absolute atomic E-state index is 0.223. The highest BCUT2D eigenvalue weighted by Crippen LogP contribution is 2.34. The lowest BCUT2D eigenvalue weighted by Crippen LogP contribution is -2.35. The number of nitrogens with one attached hydrogen (secondary N) is 4. The molecule has 0 saturated heterocycles. The van der Waals surface area contributed by atoms with Gasteiger partial charge in [-0.1, -0.05) is 48.5 Å². The van der Waals surface area contributed by atoms with Crippen LogP contribution in [-0.2, 0) is 6.54 Å². The number of hydrogen-bond acceptors (Lipinski definition) is 3. The first-order chi connectivity index (χ1) is 14.1. The fraction of sp³-hybridized carbons (Fsp3) is 0.0952. The third-order valence-electron chi connectivity index (χ3n) is 4.54. The normalized spacial score (nSPS) is 10.8. The van der Waals surface area contributed by atoms with Crippen molar-refractivity contribution < 1.29 is 4.79 Å². The molecular weight excluding hydrogens is 370 g/mol. The molecule has 0 fully saturated rings. The zero-order valence-corrected chi connectivity index (χ0v) is 15.4. The number of amides is 2. The molecule has 2 aromatic heterocycles. The van der Waals surface area contributed by atoms with Gasteiger partial charge in [-0.05, 0) is 6.07 Å². The number of rotatable bonds is 5. The molecule has 8 nitrogen and oxygen atoms in total. The first-order valence-electron chi connectivity index (χ1n) is 9.12. The van der Waals surface area contributed by atoms with E-state index in [4.69, 9.17) is 0 Å². The van der Waals surface area contributed by atoms with Gasteiger partial charge in [-0.2, -0.15) is 0 Å². The van der Waals surface area contributed by atoms with E-state index >= 15 is 0 Å². The smallest absolute Gasteiger partial charge is 0.328 e. The Labute approximate surface area is 165 Å². The molecule has 29 heavy (non-hydrogen) atoms. The van der Waals surface area contributed by atoms with Crippen molar-refractivity contribution in [3.63, 3.8) is 0 Å². The minimum atomic E-state index is -0.511. The summed E-state index contributed by atoms with van der Waals surface area (Å²) in [6.45, 7) is 0.462. The van der Waals surface area contributed by atoms with Gasteiger partial charge in [0.15, 0.2) is 0 Å². The minimum Gasteiger partial charge on any atom is -0.353 e. The van der Waals surface area contributed by atoms with Gasteiger partial charge in [0, 0.05) is 41.8 Å². The molecule has 0 saturated carbocycles. The SMILES string of the molecule is O=C(NCCn1ccc(=O)[nH]c1=O)Nc1c(-c2ccccc2)[nH]c2ccccc12. The van der Waals surface area contributed by atoms with E-state index < -0.39 is 11.2 Å². The van der Waals surface area contributed by atoms with Gasteiger partial charge in [-0.15, -0.1) is 0 Å². The number of para-hydroxylation sites is 1. The number of aromatic amines is 2. The third-order valence-corrected chi connectivity index (χ3v) is 4.54. The van der Waals surface area contributed by atoms with Gasteiger partial charge in [0.1, 0.15) is 0 Å². The van der Waals surface area contributed by atoms with Crippen molar-refractivity contribution in [2.75, 3.05) is 11.9 Å². The molecule has 4 rings (SSSR count). The van der Waals surface area contributed by atoms with Gasteiger partial charge >= 0.3 is 11.7 Å². The van der Waals surface area contributed by atoms with Crippen molar-refractivity contribution in [3.8, 4) is 11.3 Å². The lowest BCUT2D eigenvalue weighted by atomic mass is 10.1. The van der Waals surface area contributed by atoms with E-state index in [0.29, 0.717) is 5.69 Å². The predicted octanol–water partition coefficient (Wildman–Crippen LogP) is 2.51. The number of carbonyl (C=O) groups excluding carboxylic acids is 1. The Morgan fingerprint density at radius 1 is 0.931 bits per heavy atom. The number of anilines is 1. The van der Waals surface area contributed by atoms with Crippen LogP contribution in [0.5, 0.6) is 0 Å². The van der Waals surface area contributed by atoms with Crippen LogP contribution in [0.3, 0.4) is 0 Å². The largest absolute Gasteiger partial charge is 0.353 e. The quantitative estimate of drug-likeness (QED) is 0.421. The summed E-state index contributed by atoms with van der Waals surface area (Å²) in [7, 11) is 0. The van der Waals surface area contributed by atoms with Crippen molar-refractivity contribution in [1.29, 1.82) is 0 Å². The van der Waals surface area contributed by atoms with Crippen molar-refractivity contribution >= 4 is 22.6 Å². The van der Waals surface area contributed by atoms with Crippen LogP contribution in [0.4, 0.5) is 10.5 Å². The van der Waals surface area contributed by atoms with Crippen LogP contribution < -0.4 is 21.9 Å². The predicted molar refractivity (Wildman–Crippen MR) is 112 cm³/mol. The molecule has 146 valence electrons. The van der Waals surface area contributed by atoms with Crippen LogP contribution in [0, 0.1) is 0 Å². The number of benzene rings is 2. The van der Waals surface area contributed by atoms with E-state index in [1.165, 1.54) is 16.8 Å². The highest BCUT2D eigenvalue weighted by Gasteiger charge is 2.15. The Bertz CT molecular complexity index is 1270. The molecule has 2 aromatic carbocycles. The zero-order chi connectivity index (χ0) is 20.2. The number of fused-ring (bicyclic) bond motifs is 1. The molecular formula is C21H19N5O3. The maximum Gasteiger partial charge on any atom is 0.328 e. The standard InChI is InChI=1S/C21H19N5O3/c27-17-10-12-26(21(29)24-17)13-11-22-20(28)25-19-15-8-4-5-9-16(15)23-18(19)14-6-2-1-3-7-14/h1-10,12,23H,11,13H2,(H2,22,25,28)(H,24,27,29). The molecule has 0 radical (unpaired) electrons. The van der Waals surface area contributed by atoms with Crippen LogP contribution >= 0.6 is 0 Å². The van der Waals surface area contributed by atoms with E-state index in [0.717, 1.165) is 22.2 Å². The second kappa shape index (κ2) is 7.89. The van der Waals surface area contributed by atoms with Gasteiger partial charge in [0.25, 0.3) is 5.56 Å². The van der Waals surface area contributed by atoms with Crippen LogP contribution in [0.2, 0.25) is 0 Å². The molecule has 0 spiro atoms. The van der Waals surface area contributed by atoms with E-state index in [-0.39, 0.29) is 19.1 Å². The Morgan fingerprint density at radius 2 is 1.69 bits per heavy atom. The van der Waals surface area contributed by atoms with Gasteiger partial charge < -0.3 is 15.6 Å². The fourth-order valence-electron chi connectivity index (χ4n) is 3.16. The van der Waals surface area contributed by atoms with Gasteiger partial charge in [-0.25, -0.2) is 9.59 Å². The van der Waals surface area contributed by atoms with Gasteiger partial charge in [-0.3, -0.25) is 14.3 Å². The van der Waals surface area contributed by atoms with Crippen LogP contribution in [0.1, 0.15) is 0 Å². The van der Waals surface area contributed by atoms with E-state index in [1.807, 2.05) is 54.6 Å². The topological polar surface area (TPSA) is 112 Å². The van der Waals surface area contributed by atoms with E-state index in [2.05, 4.69) is 20.6 Å². The van der Waals surface area contributed by atoms with Crippen molar-refractivity contribution in [1.82, 2.24) is 19.9 Å². The summed E-state index contributed by atoms with van der Waals surface area (Å²) in [6.07, 6.45) is 1.40. The summed E-state index contributed by atoms with van der Waals surface area (Å²) >= 11 is 0. The van der Waals surface area contributed by atoms with Crippen LogP contribution in [0.25, 0.3) is 22.2 Å². The summed E-state index contributed by atoms with van der Waals surface area (Å²) in [5.74, 6) is 0. The maximum atomic E-state index is 12.5. The lowest BCUT2D eigenvalue weighted by Gasteiger charge is -2.10. The summed E-state index contributed by atoms with van der Waals surface area (Å²) in [5, 5.41) is 6.56. The van der Waals surface area contributed by atoms with Crippen molar-refractivity contribution in [2.45, 2.75) is 6.54 Å². The maximum absolute atomic E-state index is 12.5.